The van der Waals surface area contributed by atoms with Crippen LogP contribution in [0.25, 0.3) is 11.8 Å². The zero-order valence-corrected chi connectivity index (χ0v) is 14.1. The van der Waals surface area contributed by atoms with Gasteiger partial charge in [-0.3, -0.25) is 14.7 Å². The predicted octanol–water partition coefficient (Wildman–Crippen LogP) is 3.79. The number of para-hydroxylation sites is 1. The molecule has 0 N–H and O–H groups in total. The molecule has 3 rings (SSSR count). The molecule has 0 aliphatic carbocycles. The number of likely N-dealkylation sites (N-methyl/N-ethyl adjacent to an activating group) is 1. The average Bonchev–Trinajstić information content (AvgIpc) is 3.14. The van der Waals surface area contributed by atoms with Crippen LogP contribution in [0.1, 0.15) is 19.5 Å². The van der Waals surface area contributed by atoms with E-state index in [1.165, 1.54) is 11.8 Å². The van der Waals surface area contributed by atoms with Crippen LogP contribution in [-0.4, -0.2) is 33.6 Å². The molecule has 0 spiro atoms. The van der Waals surface area contributed by atoms with Crippen molar-refractivity contribution in [1.82, 2.24) is 9.47 Å². The molecule has 0 radical (unpaired) electrons. The number of rotatable bonds is 4. The van der Waals surface area contributed by atoms with Crippen LogP contribution in [0.2, 0.25) is 0 Å². The minimum atomic E-state index is 0.0329. The summed E-state index contributed by atoms with van der Waals surface area (Å²) in [5.74, 6) is 0.0329. The molecule has 1 amide bonds. The number of nitrogens with zero attached hydrogens (tertiary/aromatic N) is 3. The van der Waals surface area contributed by atoms with Crippen molar-refractivity contribution < 1.29 is 4.79 Å². The van der Waals surface area contributed by atoms with Gasteiger partial charge >= 0.3 is 0 Å². The maximum atomic E-state index is 12.5. The molecule has 1 aliphatic heterocycles. The second kappa shape index (κ2) is 6.87. The number of hydrogen-bond acceptors (Lipinski definition) is 3. The Balaban J connectivity index is 1.96. The Kier molecular flexibility index (Phi) is 4.67. The van der Waals surface area contributed by atoms with E-state index < -0.39 is 0 Å². The number of hydrogen-bond donors (Lipinski definition) is 0. The number of aliphatic imine (C=N–C) groups is 1. The standard InChI is InChI=1S/C18H19N3OS/c1-3-19-18-20(4-2)17(22)16(23-18)13-15-11-8-12-21(15)14-9-6-5-7-10-14/h5-13H,3-4H2,1-2H3/b16-13-,19-18?. The summed E-state index contributed by atoms with van der Waals surface area (Å²) in [7, 11) is 0. The summed E-state index contributed by atoms with van der Waals surface area (Å²) in [6.07, 6.45) is 3.95. The first kappa shape index (κ1) is 15.6. The fourth-order valence-corrected chi connectivity index (χ4v) is 3.60. The largest absolute Gasteiger partial charge is 0.317 e. The lowest BCUT2D eigenvalue weighted by atomic mass is 10.3. The van der Waals surface area contributed by atoms with E-state index in [2.05, 4.69) is 9.56 Å². The Hall–Kier alpha value is -2.27. The van der Waals surface area contributed by atoms with Crippen molar-refractivity contribution in [3.8, 4) is 5.69 Å². The Morgan fingerprint density at radius 3 is 2.61 bits per heavy atom. The van der Waals surface area contributed by atoms with Gasteiger partial charge in [-0.05, 0) is 56.0 Å². The zero-order valence-electron chi connectivity index (χ0n) is 13.3. The fourth-order valence-electron chi connectivity index (χ4n) is 2.51. The van der Waals surface area contributed by atoms with Crippen molar-refractivity contribution in [2.75, 3.05) is 13.1 Å². The highest BCUT2D eigenvalue weighted by Crippen LogP contribution is 2.32. The molecule has 23 heavy (non-hydrogen) atoms. The van der Waals surface area contributed by atoms with Crippen molar-refractivity contribution in [3.05, 3.63) is 59.3 Å². The molecule has 118 valence electrons. The average molecular weight is 325 g/mol. The normalized spacial score (nSPS) is 18.3. The lowest BCUT2D eigenvalue weighted by Gasteiger charge is -2.11. The summed E-state index contributed by atoms with van der Waals surface area (Å²) in [4.78, 5) is 19.4. The molecule has 2 heterocycles. The van der Waals surface area contributed by atoms with E-state index in [-0.39, 0.29) is 5.91 Å². The Bertz CT molecular complexity index is 762. The van der Waals surface area contributed by atoms with Crippen molar-refractivity contribution in [3.63, 3.8) is 0 Å². The minimum Gasteiger partial charge on any atom is -0.317 e. The summed E-state index contributed by atoms with van der Waals surface area (Å²) < 4.78 is 2.08. The van der Waals surface area contributed by atoms with Crippen LogP contribution in [0.3, 0.4) is 0 Å². The zero-order chi connectivity index (χ0) is 16.2. The Morgan fingerprint density at radius 1 is 1.13 bits per heavy atom. The quantitative estimate of drug-likeness (QED) is 0.802. The molecule has 1 aromatic carbocycles. The number of carbonyl (C=O) groups is 1. The van der Waals surface area contributed by atoms with Gasteiger partial charge in [-0.15, -0.1) is 0 Å². The predicted molar refractivity (Wildman–Crippen MR) is 96.7 cm³/mol. The molecule has 1 fully saturated rings. The van der Waals surface area contributed by atoms with Crippen molar-refractivity contribution in [2.45, 2.75) is 13.8 Å². The van der Waals surface area contributed by atoms with E-state index in [1.54, 1.807) is 4.90 Å². The summed E-state index contributed by atoms with van der Waals surface area (Å²) >= 11 is 1.45. The summed E-state index contributed by atoms with van der Waals surface area (Å²) in [6, 6.07) is 14.1. The molecule has 1 aromatic heterocycles. The van der Waals surface area contributed by atoms with E-state index in [9.17, 15) is 4.79 Å². The van der Waals surface area contributed by atoms with Gasteiger partial charge < -0.3 is 4.57 Å². The van der Waals surface area contributed by atoms with E-state index >= 15 is 0 Å². The highest BCUT2D eigenvalue weighted by Gasteiger charge is 2.31. The number of carbonyl (C=O) groups excluding carboxylic acids is 1. The molecule has 4 nitrogen and oxygen atoms in total. The van der Waals surface area contributed by atoms with Crippen LogP contribution in [0.4, 0.5) is 0 Å². The highest BCUT2D eigenvalue weighted by atomic mass is 32.2. The molecule has 0 unspecified atom stereocenters. The van der Waals surface area contributed by atoms with Crippen molar-refractivity contribution >= 4 is 28.9 Å². The van der Waals surface area contributed by atoms with Gasteiger partial charge in [0, 0.05) is 30.7 Å². The summed E-state index contributed by atoms with van der Waals surface area (Å²) in [5.41, 5.74) is 2.07. The molecule has 0 atom stereocenters. The van der Waals surface area contributed by atoms with Gasteiger partial charge in [0.2, 0.25) is 0 Å². The SMILES string of the molecule is CCN=C1S/C(=C\c2cccn2-c2ccccc2)C(=O)N1CC. The van der Waals surface area contributed by atoms with Gasteiger partial charge in [0.15, 0.2) is 5.17 Å². The third kappa shape index (κ3) is 3.10. The molecular formula is C18H19N3OS. The molecule has 1 aliphatic rings. The van der Waals surface area contributed by atoms with Crippen LogP contribution in [0.15, 0.2) is 58.6 Å². The van der Waals surface area contributed by atoms with Gasteiger partial charge in [0.25, 0.3) is 5.91 Å². The van der Waals surface area contributed by atoms with E-state index in [0.717, 1.165) is 21.5 Å². The molecule has 0 bridgehead atoms. The maximum Gasteiger partial charge on any atom is 0.266 e. The Labute approximate surface area is 140 Å². The Morgan fingerprint density at radius 2 is 1.91 bits per heavy atom. The van der Waals surface area contributed by atoms with Gasteiger partial charge in [0.05, 0.1) is 4.91 Å². The smallest absolute Gasteiger partial charge is 0.266 e. The first-order chi connectivity index (χ1) is 11.2. The maximum absolute atomic E-state index is 12.5. The third-order valence-corrected chi connectivity index (χ3v) is 4.64. The number of thioether (sulfide) groups is 1. The van der Waals surface area contributed by atoms with Crippen LogP contribution in [-0.2, 0) is 4.79 Å². The lowest BCUT2D eigenvalue weighted by Crippen LogP contribution is -2.28. The first-order valence-electron chi connectivity index (χ1n) is 7.73. The van der Waals surface area contributed by atoms with Gasteiger partial charge in [-0.25, -0.2) is 0 Å². The third-order valence-electron chi connectivity index (χ3n) is 3.59. The molecule has 2 aromatic rings. The van der Waals surface area contributed by atoms with E-state index in [1.807, 2.05) is 68.6 Å². The first-order valence-corrected chi connectivity index (χ1v) is 8.55. The second-order valence-electron chi connectivity index (χ2n) is 5.06. The van der Waals surface area contributed by atoms with Gasteiger partial charge in [-0.2, -0.15) is 0 Å². The second-order valence-corrected chi connectivity index (χ2v) is 6.06. The molecule has 0 saturated carbocycles. The number of amides is 1. The van der Waals surface area contributed by atoms with Gasteiger partial charge in [0.1, 0.15) is 0 Å². The summed E-state index contributed by atoms with van der Waals surface area (Å²) in [5, 5.41) is 0.795. The van der Waals surface area contributed by atoms with E-state index in [4.69, 9.17) is 0 Å². The minimum absolute atomic E-state index is 0.0329. The van der Waals surface area contributed by atoms with Crippen molar-refractivity contribution in [1.29, 1.82) is 0 Å². The van der Waals surface area contributed by atoms with Crippen LogP contribution >= 0.6 is 11.8 Å². The van der Waals surface area contributed by atoms with Crippen LogP contribution in [0.5, 0.6) is 0 Å². The monoisotopic (exact) mass is 325 g/mol. The number of aromatic nitrogens is 1. The molecule has 1 saturated heterocycles. The number of amidine groups is 1. The molecular weight excluding hydrogens is 306 g/mol. The fraction of sp³-hybridized carbons (Fsp3) is 0.222. The van der Waals surface area contributed by atoms with E-state index in [0.29, 0.717) is 13.1 Å². The van der Waals surface area contributed by atoms with Gasteiger partial charge in [-0.1, -0.05) is 18.2 Å². The number of benzene rings is 1. The highest BCUT2D eigenvalue weighted by molar-refractivity contribution is 8.18. The topological polar surface area (TPSA) is 37.6 Å². The van der Waals surface area contributed by atoms with Crippen LogP contribution in [0, 0.1) is 0 Å². The van der Waals surface area contributed by atoms with Crippen LogP contribution < -0.4 is 0 Å². The lowest BCUT2D eigenvalue weighted by molar-refractivity contribution is -0.122. The molecule has 5 heteroatoms. The van der Waals surface area contributed by atoms with Crippen molar-refractivity contribution in [2.24, 2.45) is 4.99 Å². The summed E-state index contributed by atoms with van der Waals surface area (Å²) in [6.45, 7) is 5.27.